The summed E-state index contributed by atoms with van der Waals surface area (Å²) >= 11 is 5.93. The van der Waals surface area contributed by atoms with Crippen LogP contribution >= 0.6 is 11.6 Å². The molecular formula is C12H10ClNO2. The average Bonchev–Trinajstić information content (AvgIpc) is 2.78. The van der Waals surface area contributed by atoms with Crippen LogP contribution in [0.3, 0.4) is 0 Å². The summed E-state index contributed by atoms with van der Waals surface area (Å²) in [6, 6.07) is 8.91. The monoisotopic (exact) mass is 235 g/mol. The Bertz CT molecular complexity index is 519. The van der Waals surface area contributed by atoms with Crippen LogP contribution in [0.4, 0.5) is 0 Å². The third-order valence-corrected chi connectivity index (χ3v) is 2.63. The third-order valence-electron chi connectivity index (χ3n) is 2.31. The smallest absolute Gasteiger partial charge is 0.166 e. The van der Waals surface area contributed by atoms with Crippen molar-refractivity contribution in [2.24, 2.45) is 0 Å². The number of aromatic nitrogens is 1. The first-order chi connectivity index (χ1) is 7.76. The van der Waals surface area contributed by atoms with Crippen LogP contribution in [0.5, 0.6) is 5.75 Å². The van der Waals surface area contributed by atoms with E-state index in [2.05, 4.69) is 0 Å². The van der Waals surface area contributed by atoms with Gasteiger partial charge in [0.1, 0.15) is 5.75 Å². The third kappa shape index (κ3) is 1.82. The predicted molar refractivity (Wildman–Crippen MR) is 62.7 cm³/mol. The van der Waals surface area contributed by atoms with Crippen molar-refractivity contribution in [1.82, 2.24) is 4.57 Å². The molecule has 0 saturated carbocycles. The molecule has 16 heavy (non-hydrogen) atoms. The van der Waals surface area contributed by atoms with Crippen molar-refractivity contribution in [3.63, 3.8) is 0 Å². The fourth-order valence-corrected chi connectivity index (χ4v) is 1.72. The summed E-state index contributed by atoms with van der Waals surface area (Å²) in [6.07, 6.45) is 2.62. The number of carbonyl (C=O) groups is 1. The summed E-state index contributed by atoms with van der Waals surface area (Å²) in [4.78, 5) is 10.8. The molecular weight excluding hydrogens is 226 g/mol. The molecule has 4 heteroatoms. The standard InChI is InChI=1S/C12H10ClNO2/c1-16-12-7-9(4-5-11(12)13)14-6-2-3-10(14)8-15/h2-8H,1H3. The lowest BCUT2D eigenvalue weighted by Gasteiger charge is -2.08. The molecule has 0 fully saturated rings. The van der Waals surface area contributed by atoms with Crippen molar-refractivity contribution < 1.29 is 9.53 Å². The molecule has 0 bridgehead atoms. The molecule has 2 rings (SSSR count). The Morgan fingerprint density at radius 2 is 2.19 bits per heavy atom. The Morgan fingerprint density at radius 1 is 1.38 bits per heavy atom. The molecule has 82 valence electrons. The van der Waals surface area contributed by atoms with Gasteiger partial charge in [-0.05, 0) is 24.3 Å². The second kappa shape index (κ2) is 4.41. The highest BCUT2D eigenvalue weighted by atomic mass is 35.5. The van der Waals surface area contributed by atoms with Gasteiger partial charge in [-0.1, -0.05) is 11.6 Å². The first kappa shape index (κ1) is 10.8. The fourth-order valence-electron chi connectivity index (χ4n) is 1.52. The highest BCUT2D eigenvalue weighted by Crippen LogP contribution is 2.27. The zero-order chi connectivity index (χ0) is 11.5. The predicted octanol–water partition coefficient (Wildman–Crippen LogP) is 2.95. The van der Waals surface area contributed by atoms with Crippen LogP contribution in [0.1, 0.15) is 10.5 Å². The normalized spacial score (nSPS) is 10.1. The van der Waals surface area contributed by atoms with Gasteiger partial charge in [-0.2, -0.15) is 0 Å². The van der Waals surface area contributed by atoms with Gasteiger partial charge in [0.25, 0.3) is 0 Å². The van der Waals surface area contributed by atoms with E-state index >= 15 is 0 Å². The second-order valence-electron chi connectivity index (χ2n) is 3.24. The van der Waals surface area contributed by atoms with Gasteiger partial charge < -0.3 is 9.30 Å². The van der Waals surface area contributed by atoms with Gasteiger partial charge in [-0.3, -0.25) is 4.79 Å². The lowest BCUT2D eigenvalue weighted by molar-refractivity contribution is 0.111. The number of hydrogen-bond acceptors (Lipinski definition) is 2. The van der Waals surface area contributed by atoms with E-state index in [1.807, 2.05) is 18.3 Å². The van der Waals surface area contributed by atoms with Crippen molar-refractivity contribution >= 4 is 17.9 Å². The van der Waals surface area contributed by atoms with Crippen LogP contribution < -0.4 is 4.74 Å². The summed E-state index contributed by atoms with van der Waals surface area (Å²) in [5.41, 5.74) is 1.43. The number of nitrogens with zero attached hydrogens (tertiary/aromatic N) is 1. The van der Waals surface area contributed by atoms with E-state index in [0.717, 1.165) is 12.0 Å². The zero-order valence-corrected chi connectivity index (χ0v) is 9.44. The average molecular weight is 236 g/mol. The topological polar surface area (TPSA) is 31.2 Å². The highest BCUT2D eigenvalue weighted by Gasteiger charge is 2.05. The Hall–Kier alpha value is -1.74. The number of hydrogen-bond donors (Lipinski definition) is 0. The van der Waals surface area contributed by atoms with Gasteiger partial charge in [0.2, 0.25) is 0 Å². The molecule has 0 aliphatic rings. The van der Waals surface area contributed by atoms with E-state index in [1.54, 1.807) is 29.9 Å². The van der Waals surface area contributed by atoms with E-state index in [0.29, 0.717) is 16.5 Å². The molecule has 0 spiro atoms. The maximum Gasteiger partial charge on any atom is 0.166 e. The first-order valence-corrected chi connectivity index (χ1v) is 5.10. The Kier molecular flexibility index (Phi) is 2.97. The molecule has 0 saturated heterocycles. The van der Waals surface area contributed by atoms with Crippen LogP contribution in [0.15, 0.2) is 36.5 Å². The van der Waals surface area contributed by atoms with Gasteiger partial charge >= 0.3 is 0 Å². The van der Waals surface area contributed by atoms with Gasteiger partial charge in [-0.15, -0.1) is 0 Å². The number of halogens is 1. The minimum absolute atomic E-state index is 0.547. The number of aldehydes is 1. The van der Waals surface area contributed by atoms with Gasteiger partial charge in [0, 0.05) is 18.0 Å². The first-order valence-electron chi connectivity index (χ1n) is 4.72. The molecule has 1 aromatic heterocycles. The van der Waals surface area contributed by atoms with Gasteiger partial charge in [0.05, 0.1) is 17.8 Å². The van der Waals surface area contributed by atoms with E-state index in [-0.39, 0.29) is 0 Å². The Labute approximate surface area is 98.2 Å². The quantitative estimate of drug-likeness (QED) is 0.766. The minimum Gasteiger partial charge on any atom is -0.495 e. The zero-order valence-electron chi connectivity index (χ0n) is 8.68. The van der Waals surface area contributed by atoms with Crippen molar-refractivity contribution in [3.8, 4) is 11.4 Å². The van der Waals surface area contributed by atoms with Crippen LogP contribution in [0.2, 0.25) is 5.02 Å². The summed E-state index contributed by atoms with van der Waals surface area (Å²) in [5, 5.41) is 0.547. The number of benzene rings is 1. The number of rotatable bonds is 3. The van der Waals surface area contributed by atoms with Gasteiger partial charge in [-0.25, -0.2) is 0 Å². The van der Waals surface area contributed by atoms with Gasteiger partial charge in [0.15, 0.2) is 6.29 Å². The SMILES string of the molecule is COc1cc(-n2cccc2C=O)ccc1Cl. The molecule has 0 aliphatic heterocycles. The Balaban J connectivity index is 2.52. The summed E-state index contributed by atoms with van der Waals surface area (Å²) in [7, 11) is 1.56. The van der Waals surface area contributed by atoms with Crippen LogP contribution in [-0.2, 0) is 0 Å². The molecule has 1 aromatic carbocycles. The van der Waals surface area contributed by atoms with Crippen molar-refractivity contribution in [2.75, 3.05) is 7.11 Å². The summed E-state index contributed by atoms with van der Waals surface area (Å²) in [6.45, 7) is 0. The van der Waals surface area contributed by atoms with E-state index in [1.165, 1.54) is 0 Å². The number of methoxy groups -OCH3 is 1. The molecule has 0 amide bonds. The number of carbonyl (C=O) groups excluding carboxylic acids is 1. The molecule has 1 heterocycles. The van der Waals surface area contributed by atoms with Crippen molar-refractivity contribution in [2.45, 2.75) is 0 Å². The number of ether oxygens (including phenoxy) is 1. The Morgan fingerprint density at radius 3 is 2.88 bits per heavy atom. The maximum atomic E-state index is 10.8. The molecule has 0 atom stereocenters. The van der Waals surface area contributed by atoms with Crippen LogP contribution in [0, 0.1) is 0 Å². The maximum absolute atomic E-state index is 10.8. The van der Waals surface area contributed by atoms with E-state index in [4.69, 9.17) is 16.3 Å². The van der Waals surface area contributed by atoms with Crippen molar-refractivity contribution in [1.29, 1.82) is 0 Å². The lowest BCUT2D eigenvalue weighted by atomic mass is 10.3. The second-order valence-corrected chi connectivity index (χ2v) is 3.65. The molecule has 0 radical (unpaired) electrons. The molecule has 0 aliphatic carbocycles. The molecule has 0 unspecified atom stereocenters. The summed E-state index contributed by atoms with van der Waals surface area (Å²) < 4.78 is 6.89. The van der Waals surface area contributed by atoms with Crippen molar-refractivity contribution in [3.05, 3.63) is 47.2 Å². The summed E-state index contributed by atoms with van der Waals surface area (Å²) in [5.74, 6) is 0.588. The molecule has 3 nitrogen and oxygen atoms in total. The minimum atomic E-state index is 0.547. The molecule has 0 N–H and O–H groups in total. The largest absolute Gasteiger partial charge is 0.495 e. The van der Waals surface area contributed by atoms with E-state index < -0.39 is 0 Å². The fraction of sp³-hybridized carbons (Fsp3) is 0.0833. The van der Waals surface area contributed by atoms with Crippen LogP contribution in [0.25, 0.3) is 5.69 Å². The van der Waals surface area contributed by atoms with E-state index in [9.17, 15) is 4.79 Å². The lowest BCUT2D eigenvalue weighted by Crippen LogP contribution is -1.98. The highest BCUT2D eigenvalue weighted by molar-refractivity contribution is 6.32. The van der Waals surface area contributed by atoms with Crippen LogP contribution in [-0.4, -0.2) is 18.0 Å². The molecule has 2 aromatic rings.